The van der Waals surface area contributed by atoms with E-state index < -0.39 is 17.9 Å². The molecule has 0 aliphatic carbocycles. The van der Waals surface area contributed by atoms with Crippen LogP contribution in [-0.2, 0) is 11.3 Å². The summed E-state index contributed by atoms with van der Waals surface area (Å²) in [5.74, 6) is -1.27. The minimum absolute atomic E-state index is 0. The molecular weight excluding hydrogens is 548 g/mol. The fraction of sp³-hybridized carbons (Fsp3) is 0.107. The van der Waals surface area contributed by atoms with Crippen molar-refractivity contribution < 1.29 is 14.7 Å². The van der Waals surface area contributed by atoms with Gasteiger partial charge in [-0.25, -0.2) is 14.8 Å². The third-order valence-electron chi connectivity index (χ3n) is 5.54. The van der Waals surface area contributed by atoms with Gasteiger partial charge in [-0.2, -0.15) is 0 Å². The van der Waals surface area contributed by atoms with Gasteiger partial charge in [-0.3, -0.25) is 9.78 Å². The summed E-state index contributed by atoms with van der Waals surface area (Å²) in [5.41, 5.74) is 2.78. The van der Waals surface area contributed by atoms with E-state index in [1.807, 2.05) is 41.3 Å². The Labute approximate surface area is 258 Å². The molecular formula is C28H24Cl2N5NaO3. The molecule has 0 fully saturated rings. The summed E-state index contributed by atoms with van der Waals surface area (Å²) in [6.07, 6.45) is 10.4. The molecule has 0 spiro atoms. The number of halogens is 2. The number of benzene rings is 2. The van der Waals surface area contributed by atoms with Gasteiger partial charge in [0.25, 0.3) is 5.91 Å². The van der Waals surface area contributed by atoms with E-state index in [9.17, 15) is 14.7 Å². The number of anilines is 2. The Kier molecular flexibility index (Phi) is 11.5. The number of aliphatic carboxylic acids is 1. The van der Waals surface area contributed by atoms with E-state index in [-0.39, 0.29) is 51.6 Å². The molecule has 11 heteroatoms. The topological polar surface area (TPSA) is 108 Å². The summed E-state index contributed by atoms with van der Waals surface area (Å²) in [4.78, 5) is 39.3. The molecule has 2 N–H and O–H groups in total. The normalized spacial score (nSPS) is 11.4. The van der Waals surface area contributed by atoms with Crippen molar-refractivity contribution in [3.05, 3.63) is 118 Å². The third kappa shape index (κ3) is 8.36. The first kappa shape index (κ1) is 30.3. The van der Waals surface area contributed by atoms with Crippen molar-refractivity contribution in [3.63, 3.8) is 0 Å². The van der Waals surface area contributed by atoms with E-state index in [1.54, 1.807) is 49.1 Å². The summed E-state index contributed by atoms with van der Waals surface area (Å²) < 4.78 is 0. The van der Waals surface area contributed by atoms with E-state index >= 15 is 0 Å². The molecule has 1 atom stereocenters. The Hall–Kier alpha value is -3.27. The number of carbonyl (C=O) groups is 2. The van der Waals surface area contributed by atoms with Gasteiger partial charge in [0, 0.05) is 30.5 Å². The number of carboxylic acids is 1. The van der Waals surface area contributed by atoms with Gasteiger partial charge in [-0.15, -0.1) is 0 Å². The Morgan fingerprint density at radius 2 is 1.64 bits per heavy atom. The van der Waals surface area contributed by atoms with E-state index in [1.165, 1.54) is 12.1 Å². The van der Waals surface area contributed by atoms with Crippen LogP contribution in [-0.4, -0.2) is 67.5 Å². The maximum atomic E-state index is 12.6. The van der Waals surface area contributed by atoms with Crippen LogP contribution < -0.4 is 10.2 Å². The van der Waals surface area contributed by atoms with Crippen LogP contribution >= 0.6 is 23.2 Å². The molecule has 0 radical (unpaired) electrons. The van der Waals surface area contributed by atoms with Crippen LogP contribution in [0.2, 0.25) is 10.0 Å². The summed E-state index contributed by atoms with van der Waals surface area (Å²) in [7, 11) is 0. The van der Waals surface area contributed by atoms with Crippen molar-refractivity contribution >= 4 is 82.3 Å². The number of nitrogens with one attached hydrogen (secondary N) is 1. The van der Waals surface area contributed by atoms with Crippen molar-refractivity contribution in [2.75, 3.05) is 4.90 Å². The van der Waals surface area contributed by atoms with Crippen molar-refractivity contribution in [3.8, 4) is 0 Å². The van der Waals surface area contributed by atoms with Crippen LogP contribution in [0, 0.1) is 0 Å². The summed E-state index contributed by atoms with van der Waals surface area (Å²) in [6.45, 7) is 0.530. The third-order valence-corrected chi connectivity index (χ3v) is 6.17. The van der Waals surface area contributed by atoms with Crippen molar-refractivity contribution in [2.24, 2.45) is 0 Å². The van der Waals surface area contributed by atoms with Gasteiger partial charge in [0.1, 0.15) is 6.04 Å². The molecule has 194 valence electrons. The van der Waals surface area contributed by atoms with E-state index in [0.29, 0.717) is 12.5 Å². The summed E-state index contributed by atoms with van der Waals surface area (Å²) in [6, 6.07) is 16.8. The maximum absolute atomic E-state index is 12.6. The number of aromatic nitrogens is 3. The fourth-order valence-electron chi connectivity index (χ4n) is 3.65. The Balaban J connectivity index is 0.00000420. The molecule has 0 saturated heterocycles. The molecule has 1 amide bonds. The van der Waals surface area contributed by atoms with E-state index in [2.05, 4.69) is 20.3 Å². The van der Waals surface area contributed by atoms with Gasteiger partial charge in [-0.1, -0.05) is 59.6 Å². The Morgan fingerprint density at radius 3 is 2.26 bits per heavy atom. The van der Waals surface area contributed by atoms with Gasteiger partial charge in [0.15, 0.2) is 0 Å². The minimum atomic E-state index is -1.17. The van der Waals surface area contributed by atoms with Crippen LogP contribution in [0.1, 0.15) is 27.9 Å². The number of amides is 1. The standard InChI is InChI=1S/C28H23Cl2N5O3.Na.H/c29-22-7-2-8-23(30)25(22)26(36)34-24(27(37)38)9-1-5-19-10-12-21(13-11-19)35(28-32-15-4-16-33-28)18-20-6-3-14-31-17-20;;/h1-8,10-17,24H,9,18H2,(H,34,36)(H,37,38);;/b5-1+;;. The zero-order valence-corrected chi connectivity index (χ0v) is 21.5. The molecule has 4 rings (SSSR count). The average Bonchev–Trinajstić information content (AvgIpc) is 2.92. The summed E-state index contributed by atoms with van der Waals surface area (Å²) in [5, 5.41) is 12.4. The summed E-state index contributed by atoms with van der Waals surface area (Å²) >= 11 is 12.1. The number of pyridine rings is 1. The Morgan fingerprint density at radius 1 is 0.949 bits per heavy atom. The second-order valence-corrected chi connectivity index (χ2v) is 9.00. The number of nitrogens with zero attached hydrogens (tertiary/aromatic N) is 4. The molecule has 0 saturated carbocycles. The average molecular weight is 572 g/mol. The van der Waals surface area contributed by atoms with E-state index in [4.69, 9.17) is 23.2 Å². The molecule has 1 unspecified atom stereocenters. The molecule has 0 aliphatic heterocycles. The van der Waals surface area contributed by atoms with E-state index in [0.717, 1.165) is 16.8 Å². The number of rotatable bonds is 10. The van der Waals surface area contributed by atoms with Crippen LogP contribution in [0.25, 0.3) is 6.08 Å². The molecule has 0 aliphatic rings. The van der Waals surface area contributed by atoms with Crippen LogP contribution in [0.15, 0.2) is 91.5 Å². The molecule has 8 nitrogen and oxygen atoms in total. The predicted molar refractivity (Wildman–Crippen MR) is 155 cm³/mol. The number of carboxylic acid groups (broad SMARTS) is 1. The second kappa shape index (κ2) is 14.8. The fourth-order valence-corrected chi connectivity index (χ4v) is 4.22. The van der Waals surface area contributed by atoms with Crippen LogP contribution in [0.5, 0.6) is 0 Å². The zero-order chi connectivity index (χ0) is 26.9. The molecule has 39 heavy (non-hydrogen) atoms. The monoisotopic (exact) mass is 571 g/mol. The van der Waals surface area contributed by atoms with Crippen LogP contribution in [0.3, 0.4) is 0 Å². The second-order valence-electron chi connectivity index (χ2n) is 8.19. The quantitative estimate of drug-likeness (QED) is 0.253. The van der Waals surface area contributed by atoms with Gasteiger partial charge in [0.05, 0.1) is 22.2 Å². The van der Waals surface area contributed by atoms with Gasteiger partial charge in [-0.05, 0) is 53.9 Å². The van der Waals surface area contributed by atoms with Crippen molar-refractivity contribution in [2.45, 2.75) is 19.0 Å². The molecule has 2 aromatic carbocycles. The molecule has 4 aromatic rings. The van der Waals surface area contributed by atoms with Gasteiger partial charge < -0.3 is 15.3 Å². The zero-order valence-electron chi connectivity index (χ0n) is 20.0. The van der Waals surface area contributed by atoms with Crippen LogP contribution in [0.4, 0.5) is 11.6 Å². The van der Waals surface area contributed by atoms with Crippen molar-refractivity contribution in [1.29, 1.82) is 0 Å². The number of carbonyl (C=O) groups excluding carboxylic acids is 1. The van der Waals surface area contributed by atoms with Gasteiger partial charge in [0.2, 0.25) is 5.95 Å². The number of hydrogen-bond donors (Lipinski definition) is 2. The Bertz CT molecular complexity index is 1400. The van der Waals surface area contributed by atoms with Crippen molar-refractivity contribution in [1.82, 2.24) is 20.3 Å². The first-order valence-electron chi connectivity index (χ1n) is 11.6. The molecule has 2 aromatic heterocycles. The molecule has 2 heterocycles. The SMILES string of the molecule is O=C(NC(C/C=C/c1ccc(N(Cc2cccnc2)c2ncccn2)cc1)C(=O)O)c1c(Cl)cccc1Cl.[NaH]. The molecule has 0 bridgehead atoms. The number of hydrogen-bond acceptors (Lipinski definition) is 6. The first-order chi connectivity index (χ1) is 18.4. The predicted octanol–water partition coefficient (Wildman–Crippen LogP) is 5.15. The van der Waals surface area contributed by atoms with Gasteiger partial charge >= 0.3 is 35.5 Å². The first-order valence-corrected chi connectivity index (χ1v) is 12.4.